The fourth-order valence-corrected chi connectivity index (χ4v) is 3.04. The van der Waals surface area contributed by atoms with Crippen molar-refractivity contribution in [3.8, 4) is 0 Å². The quantitative estimate of drug-likeness (QED) is 0.711. The van der Waals surface area contributed by atoms with E-state index in [-0.39, 0.29) is 0 Å². The molecule has 1 N–H and O–H groups in total. The minimum absolute atomic E-state index is 0.849. The molecule has 0 aromatic carbocycles. The molecule has 1 aliphatic heterocycles. The van der Waals surface area contributed by atoms with E-state index in [1.807, 2.05) is 0 Å². The molecule has 92 valence electrons. The first-order chi connectivity index (χ1) is 7.92. The highest BCUT2D eigenvalue weighted by Gasteiger charge is 2.33. The monoisotopic (exact) mass is 222 g/mol. The maximum absolute atomic E-state index is 3.61. The Balaban J connectivity index is 1.34. The summed E-state index contributed by atoms with van der Waals surface area (Å²) in [6, 6.07) is 1.83. The minimum atomic E-state index is 0.849. The predicted octanol–water partition coefficient (Wildman–Crippen LogP) is 2.39. The molecular formula is C14H26N2. The Labute approximate surface area is 99.8 Å². The standard InChI is InChI=1S/C14H26N2/c1-3-13(15-9-1)4-2-10-16(14-7-8-14)11-12-5-6-12/h12-15H,1-11H2. The van der Waals surface area contributed by atoms with Gasteiger partial charge in [-0.25, -0.2) is 0 Å². The van der Waals surface area contributed by atoms with Gasteiger partial charge >= 0.3 is 0 Å². The van der Waals surface area contributed by atoms with Crippen LogP contribution in [0.25, 0.3) is 0 Å². The summed E-state index contributed by atoms with van der Waals surface area (Å²) in [7, 11) is 0. The van der Waals surface area contributed by atoms with Crippen LogP contribution >= 0.6 is 0 Å². The van der Waals surface area contributed by atoms with Crippen molar-refractivity contribution in [3.05, 3.63) is 0 Å². The van der Waals surface area contributed by atoms with Crippen molar-refractivity contribution in [2.75, 3.05) is 19.6 Å². The van der Waals surface area contributed by atoms with Crippen LogP contribution in [0.2, 0.25) is 0 Å². The van der Waals surface area contributed by atoms with Crippen LogP contribution in [0.3, 0.4) is 0 Å². The molecule has 3 fully saturated rings. The van der Waals surface area contributed by atoms with E-state index in [0.29, 0.717) is 0 Å². The molecular weight excluding hydrogens is 196 g/mol. The molecule has 2 heteroatoms. The molecule has 1 saturated heterocycles. The highest BCUT2D eigenvalue weighted by Crippen LogP contribution is 2.34. The Morgan fingerprint density at radius 3 is 2.56 bits per heavy atom. The number of rotatable bonds is 7. The van der Waals surface area contributed by atoms with Crippen molar-refractivity contribution in [2.45, 2.75) is 63.5 Å². The third kappa shape index (κ3) is 3.21. The molecule has 1 heterocycles. The fraction of sp³-hybridized carbons (Fsp3) is 1.00. The molecule has 1 unspecified atom stereocenters. The van der Waals surface area contributed by atoms with E-state index in [4.69, 9.17) is 0 Å². The lowest BCUT2D eigenvalue weighted by Gasteiger charge is -2.22. The molecule has 0 spiro atoms. The van der Waals surface area contributed by atoms with Gasteiger partial charge in [0.25, 0.3) is 0 Å². The van der Waals surface area contributed by atoms with Crippen LogP contribution in [0.5, 0.6) is 0 Å². The van der Waals surface area contributed by atoms with Gasteiger partial charge in [-0.05, 0) is 70.4 Å². The lowest BCUT2D eigenvalue weighted by molar-refractivity contribution is 0.244. The van der Waals surface area contributed by atoms with Crippen molar-refractivity contribution < 1.29 is 0 Å². The summed E-state index contributed by atoms with van der Waals surface area (Å²) >= 11 is 0. The lowest BCUT2D eigenvalue weighted by atomic mass is 10.1. The van der Waals surface area contributed by atoms with Crippen LogP contribution in [-0.2, 0) is 0 Å². The zero-order chi connectivity index (χ0) is 10.8. The summed E-state index contributed by atoms with van der Waals surface area (Å²) in [5.41, 5.74) is 0. The van der Waals surface area contributed by atoms with Gasteiger partial charge in [-0.15, -0.1) is 0 Å². The molecule has 1 atom stereocenters. The molecule has 0 aromatic rings. The third-order valence-electron chi connectivity index (χ3n) is 4.41. The maximum atomic E-state index is 3.61. The van der Waals surface area contributed by atoms with Crippen molar-refractivity contribution in [1.82, 2.24) is 10.2 Å². The van der Waals surface area contributed by atoms with Crippen LogP contribution in [0, 0.1) is 5.92 Å². The zero-order valence-electron chi connectivity index (χ0n) is 10.5. The topological polar surface area (TPSA) is 15.3 Å². The minimum Gasteiger partial charge on any atom is -0.314 e. The summed E-state index contributed by atoms with van der Waals surface area (Å²) in [6.45, 7) is 4.06. The molecule has 2 saturated carbocycles. The predicted molar refractivity (Wildman–Crippen MR) is 67.6 cm³/mol. The molecule has 2 nitrogen and oxygen atoms in total. The van der Waals surface area contributed by atoms with Gasteiger partial charge in [0.15, 0.2) is 0 Å². The van der Waals surface area contributed by atoms with Gasteiger partial charge in [0, 0.05) is 18.6 Å². The first kappa shape index (κ1) is 11.0. The van der Waals surface area contributed by atoms with E-state index < -0.39 is 0 Å². The Morgan fingerprint density at radius 2 is 1.94 bits per heavy atom. The number of nitrogens with one attached hydrogen (secondary N) is 1. The highest BCUT2D eigenvalue weighted by molar-refractivity contribution is 4.88. The van der Waals surface area contributed by atoms with E-state index in [1.54, 1.807) is 0 Å². The van der Waals surface area contributed by atoms with Crippen LogP contribution in [0.15, 0.2) is 0 Å². The van der Waals surface area contributed by atoms with Crippen LogP contribution in [-0.4, -0.2) is 36.6 Å². The summed E-state index contributed by atoms with van der Waals surface area (Å²) in [5.74, 6) is 1.07. The first-order valence-corrected chi connectivity index (χ1v) is 7.39. The van der Waals surface area contributed by atoms with Gasteiger partial charge in [-0.1, -0.05) is 0 Å². The van der Waals surface area contributed by atoms with Crippen LogP contribution < -0.4 is 5.32 Å². The Hall–Kier alpha value is -0.0800. The van der Waals surface area contributed by atoms with E-state index in [2.05, 4.69) is 10.2 Å². The van der Waals surface area contributed by atoms with Crippen molar-refractivity contribution in [2.24, 2.45) is 5.92 Å². The van der Waals surface area contributed by atoms with Gasteiger partial charge in [-0.3, -0.25) is 0 Å². The second kappa shape index (κ2) is 5.05. The summed E-state index contributed by atoms with van der Waals surface area (Å²) < 4.78 is 0. The largest absolute Gasteiger partial charge is 0.314 e. The number of hydrogen-bond donors (Lipinski definition) is 1. The normalized spacial score (nSPS) is 30.2. The summed E-state index contributed by atoms with van der Waals surface area (Å²) in [5, 5.41) is 3.61. The summed E-state index contributed by atoms with van der Waals surface area (Å²) in [4.78, 5) is 2.80. The van der Waals surface area contributed by atoms with E-state index in [9.17, 15) is 0 Å². The summed E-state index contributed by atoms with van der Waals surface area (Å²) in [6.07, 6.45) is 11.6. The molecule has 0 bridgehead atoms. The Morgan fingerprint density at radius 1 is 1.06 bits per heavy atom. The van der Waals surface area contributed by atoms with E-state index in [0.717, 1.165) is 18.0 Å². The smallest absolute Gasteiger partial charge is 0.00965 e. The maximum Gasteiger partial charge on any atom is 0.00965 e. The van der Waals surface area contributed by atoms with Gasteiger partial charge in [0.2, 0.25) is 0 Å². The molecule has 16 heavy (non-hydrogen) atoms. The Bertz CT molecular complexity index is 215. The van der Waals surface area contributed by atoms with Crippen molar-refractivity contribution in [1.29, 1.82) is 0 Å². The van der Waals surface area contributed by atoms with Crippen LogP contribution in [0.1, 0.15) is 51.4 Å². The number of hydrogen-bond acceptors (Lipinski definition) is 2. The molecule has 0 amide bonds. The van der Waals surface area contributed by atoms with E-state index >= 15 is 0 Å². The molecule has 2 aliphatic carbocycles. The van der Waals surface area contributed by atoms with Crippen molar-refractivity contribution in [3.63, 3.8) is 0 Å². The average molecular weight is 222 g/mol. The van der Waals surface area contributed by atoms with Gasteiger partial charge in [0.05, 0.1) is 0 Å². The zero-order valence-corrected chi connectivity index (χ0v) is 10.5. The van der Waals surface area contributed by atoms with Crippen molar-refractivity contribution >= 4 is 0 Å². The lowest BCUT2D eigenvalue weighted by Crippen LogP contribution is -2.30. The molecule has 0 radical (unpaired) electrons. The van der Waals surface area contributed by atoms with Gasteiger partial charge < -0.3 is 10.2 Å². The third-order valence-corrected chi connectivity index (χ3v) is 4.41. The van der Waals surface area contributed by atoms with Crippen LogP contribution in [0.4, 0.5) is 0 Å². The SMILES string of the molecule is C1CNC(CCCN(CC2CC2)C2CC2)C1. The van der Waals surface area contributed by atoms with E-state index in [1.165, 1.54) is 71.0 Å². The molecule has 3 rings (SSSR count). The fourth-order valence-electron chi connectivity index (χ4n) is 3.04. The second-order valence-electron chi connectivity index (χ2n) is 6.10. The first-order valence-electron chi connectivity index (χ1n) is 7.39. The molecule has 3 aliphatic rings. The Kier molecular flexibility index (Phi) is 3.49. The van der Waals surface area contributed by atoms with Gasteiger partial charge in [-0.2, -0.15) is 0 Å². The second-order valence-corrected chi connectivity index (χ2v) is 6.10. The molecule has 0 aromatic heterocycles. The average Bonchev–Trinajstić information content (AvgIpc) is 3.18. The van der Waals surface area contributed by atoms with Gasteiger partial charge in [0.1, 0.15) is 0 Å². The number of nitrogens with zero attached hydrogens (tertiary/aromatic N) is 1. The highest BCUT2D eigenvalue weighted by atomic mass is 15.2.